The van der Waals surface area contributed by atoms with E-state index in [2.05, 4.69) is 10.1 Å². The summed E-state index contributed by atoms with van der Waals surface area (Å²) in [5.74, 6) is -0.581. The molecule has 0 radical (unpaired) electrons. The van der Waals surface area contributed by atoms with E-state index in [-0.39, 0.29) is 12.2 Å². The lowest BCUT2D eigenvalue weighted by molar-refractivity contribution is -0.384. The molecule has 1 unspecified atom stereocenters. The molecule has 7 nitrogen and oxygen atoms in total. The number of hydrogen-bond acceptors (Lipinski definition) is 6. The third-order valence-electron chi connectivity index (χ3n) is 2.34. The minimum atomic E-state index is -0.839. The van der Waals surface area contributed by atoms with Crippen molar-refractivity contribution in [2.45, 2.75) is 12.6 Å². The first-order valence-corrected chi connectivity index (χ1v) is 5.24. The van der Waals surface area contributed by atoms with Crippen LogP contribution in [0.3, 0.4) is 0 Å². The van der Waals surface area contributed by atoms with Gasteiger partial charge < -0.3 is 9.84 Å². The molecule has 1 aromatic carbocycles. The Kier molecular flexibility index (Phi) is 5.22. The first-order valence-electron chi connectivity index (χ1n) is 5.24. The summed E-state index contributed by atoms with van der Waals surface area (Å²) < 4.78 is 4.48. The van der Waals surface area contributed by atoms with Crippen LogP contribution in [0.5, 0.6) is 0 Å². The van der Waals surface area contributed by atoms with Gasteiger partial charge >= 0.3 is 5.97 Å². The second-order valence-electron chi connectivity index (χ2n) is 3.57. The van der Waals surface area contributed by atoms with E-state index in [0.717, 1.165) is 0 Å². The number of aliphatic hydroxyl groups is 1. The minimum absolute atomic E-state index is 0.0204. The summed E-state index contributed by atoms with van der Waals surface area (Å²) in [5, 5.41) is 22.3. The molecule has 0 spiro atoms. The van der Waals surface area contributed by atoms with Crippen LogP contribution in [0.2, 0.25) is 0 Å². The van der Waals surface area contributed by atoms with Crippen LogP contribution in [-0.2, 0) is 16.1 Å². The van der Waals surface area contributed by atoms with Gasteiger partial charge in [0.25, 0.3) is 5.69 Å². The van der Waals surface area contributed by atoms with Gasteiger partial charge in [0.05, 0.1) is 18.6 Å². The Morgan fingerprint density at radius 2 is 2.33 bits per heavy atom. The normalized spacial score (nSPS) is 11.9. The lowest BCUT2D eigenvalue weighted by Crippen LogP contribution is -2.40. The van der Waals surface area contributed by atoms with Crippen LogP contribution in [0.1, 0.15) is 5.56 Å². The Hall–Kier alpha value is -1.99. The molecule has 0 aromatic heterocycles. The number of nitrogens with one attached hydrogen (secondary N) is 1. The number of nitrogens with zero attached hydrogens (tertiary/aromatic N) is 1. The lowest BCUT2D eigenvalue weighted by Gasteiger charge is -2.13. The standard InChI is InChI=1S/C11H14N2O5/c1-18-11(15)10(7-14)12-6-8-3-2-4-9(5-8)13(16)17/h2-5,10,12,14H,6-7H2,1H3. The van der Waals surface area contributed by atoms with Gasteiger partial charge in [0.2, 0.25) is 0 Å². The second kappa shape index (κ2) is 6.67. The van der Waals surface area contributed by atoms with E-state index in [4.69, 9.17) is 5.11 Å². The number of non-ortho nitro benzene ring substituents is 1. The molecule has 18 heavy (non-hydrogen) atoms. The lowest BCUT2D eigenvalue weighted by atomic mass is 10.2. The zero-order valence-corrected chi connectivity index (χ0v) is 9.83. The summed E-state index contributed by atoms with van der Waals surface area (Å²) in [6.07, 6.45) is 0. The second-order valence-corrected chi connectivity index (χ2v) is 3.57. The number of rotatable bonds is 6. The van der Waals surface area contributed by atoms with Crippen molar-refractivity contribution in [2.24, 2.45) is 0 Å². The third-order valence-corrected chi connectivity index (χ3v) is 2.34. The van der Waals surface area contributed by atoms with Crippen LogP contribution in [0.15, 0.2) is 24.3 Å². The minimum Gasteiger partial charge on any atom is -0.468 e. The van der Waals surface area contributed by atoms with Crippen LogP contribution in [0.4, 0.5) is 5.69 Å². The molecule has 1 aromatic rings. The number of benzene rings is 1. The van der Waals surface area contributed by atoms with Crippen molar-refractivity contribution < 1.29 is 19.6 Å². The SMILES string of the molecule is COC(=O)C(CO)NCc1cccc([N+](=O)[O-])c1. The monoisotopic (exact) mass is 254 g/mol. The van der Waals surface area contributed by atoms with Crippen LogP contribution >= 0.6 is 0 Å². The van der Waals surface area contributed by atoms with E-state index in [1.807, 2.05) is 0 Å². The van der Waals surface area contributed by atoms with Gasteiger partial charge in [-0.1, -0.05) is 12.1 Å². The number of methoxy groups -OCH3 is 1. The smallest absolute Gasteiger partial charge is 0.325 e. The van der Waals surface area contributed by atoms with E-state index >= 15 is 0 Å². The van der Waals surface area contributed by atoms with Crippen LogP contribution in [0.25, 0.3) is 0 Å². The number of nitro groups is 1. The number of carbonyl (C=O) groups is 1. The molecule has 98 valence electrons. The van der Waals surface area contributed by atoms with E-state index < -0.39 is 23.5 Å². The highest BCUT2D eigenvalue weighted by Crippen LogP contribution is 2.12. The molecule has 0 aliphatic carbocycles. The maximum atomic E-state index is 11.2. The predicted octanol–water partition coefficient (Wildman–Crippen LogP) is 0.218. The fourth-order valence-electron chi connectivity index (χ4n) is 1.39. The first kappa shape index (κ1) is 14.1. The molecule has 0 saturated carbocycles. The van der Waals surface area contributed by atoms with Crippen LogP contribution in [0, 0.1) is 10.1 Å². The Bertz CT molecular complexity index is 435. The number of aliphatic hydroxyl groups excluding tert-OH is 1. The highest BCUT2D eigenvalue weighted by Gasteiger charge is 2.17. The van der Waals surface area contributed by atoms with Gasteiger partial charge in [-0.05, 0) is 5.56 Å². The fraction of sp³-hybridized carbons (Fsp3) is 0.364. The van der Waals surface area contributed by atoms with Gasteiger partial charge in [-0.15, -0.1) is 0 Å². The van der Waals surface area contributed by atoms with Crippen molar-refractivity contribution in [1.29, 1.82) is 0 Å². The first-order chi connectivity index (χ1) is 8.58. The third kappa shape index (κ3) is 3.79. The van der Waals surface area contributed by atoms with E-state index in [1.165, 1.54) is 19.2 Å². The Morgan fingerprint density at radius 1 is 1.61 bits per heavy atom. The zero-order valence-electron chi connectivity index (χ0n) is 9.83. The number of carbonyl (C=O) groups excluding carboxylic acids is 1. The molecule has 2 N–H and O–H groups in total. The predicted molar refractivity (Wildman–Crippen MR) is 62.8 cm³/mol. The van der Waals surface area contributed by atoms with Crippen LogP contribution in [-0.4, -0.2) is 35.8 Å². The molecule has 0 heterocycles. The molecule has 0 saturated heterocycles. The van der Waals surface area contributed by atoms with Crippen LogP contribution < -0.4 is 5.32 Å². The van der Waals surface area contributed by atoms with Gasteiger partial charge in [0.1, 0.15) is 6.04 Å². The largest absolute Gasteiger partial charge is 0.468 e. The summed E-state index contributed by atoms with van der Waals surface area (Å²) in [7, 11) is 1.22. The quantitative estimate of drug-likeness (QED) is 0.427. The number of ether oxygens (including phenoxy) is 1. The summed E-state index contributed by atoms with van der Waals surface area (Å²) >= 11 is 0. The average Bonchev–Trinajstić information content (AvgIpc) is 2.39. The highest BCUT2D eigenvalue weighted by molar-refractivity contribution is 5.75. The highest BCUT2D eigenvalue weighted by atomic mass is 16.6. The molecule has 0 amide bonds. The summed E-state index contributed by atoms with van der Waals surface area (Å²) in [6.45, 7) is -0.177. The molecule has 0 bridgehead atoms. The van der Waals surface area contributed by atoms with Gasteiger partial charge in [-0.3, -0.25) is 20.2 Å². The fourth-order valence-corrected chi connectivity index (χ4v) is 1.39. The maximum Gasteiger partial charge on any atom is 0.325 e. The van der Waals surface area contributed by atoms with Gasteiger partial charge in [-0.2, -0.15) is 0 Å². The maximum absolute atomic E-state index is 11.2. The molecular formula is C11H14N2O5. The van der Waals surface area contributed by atoms with E-state index in [9.17, 15) is 14.9 Å². The Morgan fingerprint density at radius 3 is 2.89 bits per heavy atom. The average molecular weight is 254 g/mol. The number of esters is 1. The van der Waals surface area contributed by atoms with Crippen molar-refractivity contribution in [1.82, 2.24) is 5.32 Å². The molecule has 7 heteroatoms. The summed E-state index contributed by atoms with van der Waals surface area (Å²) in [6, 6.07) is 5.19. The zero-order chi connectivity index (χ0) is 13.5. The van der Waals surface area contributed by atoms with Crippen molar-refractivity contribution >= 4 is 11.7 Å². The number of nitro benzene ring substituents is 1. The van der Waals surface area contributed by atoms with Gasteiger partial charge in [0, 0.05) is 18.7 Å². The molecule has 1 rings (SSSR count). The van der Waals surface area contributed by atoms with Crippen molar-refractivity contribution in [3.63, 3.8) is 0 Å². The molecular weight excluding hydrogens is 240 g/mol. The molecule has 0 fully saturated rings. The molecule has 0 aliphatic rings. The Labute approximate surface area is 104 Å². The number of hydrogen-bond donors (Lipinski definition) is 2. The summed E-state index contributed by atoms with van der Waals surface area (Å²) in [5.41, 5.74) is 0.625. The Balaban J connectivity index is 2.65. The van der Waals surface area contributed by atoms with Crippen molar-refractivity contribution in [3.8, 4) is 0 Å². The molecule has 0 aliphatic heterocycles. The van der Waals surface area contributed by atoms with Gasteiger partial charge in [-0.25, -0.2) is 0 Å². The van der Waals surface area contributed by atoms with E-state index in [0.29, 0.717) is 5.56 Å². The summed E-state index contributed by atoms with van der Waals surface area (Å²) in [4.78, 5) is 21.3. The van der Waals surface area contributed by atoms with E-state index in [1.54, 1.807) is 12.1 Å². The van der Waals surface area contributed by atoms with Crippen molar-refractivity contribution in [2.75, 3.05) is 13.7 Å². The van der Waals surface area contributed by atoms with Crippen molar-refractivity contribution in [3.05, 3.63) is 39.9 Å². The topological polar surface area (TPSA) is 102 Å². The molecule has 1 atom stereocenters. The van der Waals surface area contributed by atoms with Gasteiger partial charge in [0.15, 0.2) is 0 Å².